The van der Waals surface area contributed by atoms with Crippen LogP contribution < -0.4 is 0 Å². The third-order valence-corrected chi connectivity index (χ3v) is 5.30. The molecule has 1 saturated carbocycles. The molecule has 1 aliphatic rings. The summed E-state index contributed by atoms with van der Waals surface area (Å²) in [5, 5.41) is 0.623. The highest BCUT2D eigenvalue weighted by molar-refractivity contribution is 7.99. The van der Waals surface area contributed by atoms with Gasteiger partial charge in [0, 0.05) is 19.5 Å². The van der Waals surface area contributed by atoms with Crippen LogP contribution in [0.3, 0.4) is 0 Å². The van der Waals surface area contributed by atoms with Crippen molar-refractivity contribution in [3.05, 3.63) is 0 Å². The van der Waals surface area contributed by atoms with Crippen molar-refractivity contribution in [2.24, 2.45) is 5.92 Å². The molecular formula is C13H26O2S. The largest absolute Gasteiger partial charge is 0.381 e. The molecule has 0 aromatic heterocycles. The third-order valence-electron chi connectivity index (χ3n) is 3.61. The van der Waals surface area contributed by atoms with E-state index in [2.05, 4.69) is 25.6 Å². The molecule has 0 spiro atoms. The molecule has 1 aliphatic carbocycles. The lowest BCUT2D eigenvalue weighted by atomic mass is 9.94. The minimum Gasteiger partial charge on any atom is -0.381 e. The van der Waals surface area contributed by atoms with Gasteiger partial charge in [-0.1, -0.05) is 20.3 Å². The van der Waals surface area contributed by atoms with Gasteiger partial charge in [-0.05, 0) is 30.9 Å². The number of hydrogen-bond acceptors (Lipinski definition) is 3. The monoisotopic (exact) mass is 246 g/mol. The Morgan fingerprint density at radius 2 is 2.00 bits per heavy atom. The van der Waals surface area contributed by atoms with Gasteiger partial charge in [-0.15, -0.1) is 0 Å². The highest BCUT2D eigenvalue weighted by Gasteiger charge is 2.30. The zero-order valence-electron chi connectivity index (χ0n) is 11.1. The zero-order valence-corrected chi connectivity index (χ0v) is 11.9. The summed E-state index contributed by atoms with van der Waals surface area (Å²) in [5.41, 5.74) is 0. The summed E-state index contributed by atoms with van der Waals surface area (Å²) < 4.78 is 11.1. The molecular weight excluding hydrogens is 220 g/mol. The third kappa shape index (κ3) is 4.27. The Hall–Kier alpha value is 0.270. The van der Waals surface area contributed by atoms with Crippen LogP contribution in [0.5, 0.6) is 0 Å². The van der Waals surface area contributed by atoms with Gasteiger partial charge in [0.25, 0.3) is 0 Å². The van der Waals surface area contributed by atoms with E-state index in [1.807, 2.05) is 14.2 Å². The second kappa shape index (κ2) is 7.57. The van der Waals surface area contributed by atoms with Crippen molar-refractivity contribution in [1.29, 1.82) is 0 Å². The van der Waals surface area contributed by atoms with Crippen molar-refractivity contribution >= 4 is 11.8 Å². The average molecular weight is 246 g/mol. The molecule has 0 aromatic rings. The van der Waals surface area contributed by atoms with Gasteiger partial charge in [0.1, 0.15) is 0 Å². The summed E-state index contributed by atoms with van der Waals surface area (Å²) in [6.45, 7) is 4.59. The highest BCUT2D eigenvalue weighted by Crippen LogP contribution is 2.33. The Labute approximate surface area is 104 Å². The van der Waals surface area contributed by atoms with E-state index in [9.17, 15) is 0 Å². The highest BCUT2D eigenvalue weighted by atomic mass is 32.2. The predicted octanol–water partition coefficient (Wildman–Crippen LogP) is 3.35. The van der Waals surface area contributed by atoms with Crippen LogP contribution in [-0.4, -0.2) is 37.4 Å². The van der Waals surface area contributed by atoms with E-state index in [4.69, 9.17) is 9.47 Å². The van der Waals surface area contributed by atoms with Crippen LogP contribution in [0, 0.1) is 5.92 Å². The van der Waals surface area contributed by atoms with Crippen LogP contribution in [0.25, 0.3) is 0 Å². The molecule has 0 heterocycles. The predicted molar refractivity (Wildman–Crippen MR) is 71.1 cm³/mol. The maximum atomic E-state index is 5.59. The van der Waals surface area contributed by atoms with Crippen molar-refractivity contribution in [2.75, 3.05) is 20.0 Å². The number of rotatable bonds is 6. The Morgan fingerprint density at radius 3 is 2.56 bits per heavy atom. The van der Waals surface area contributed by atoms with Crippen LogP contribution in [-0.2, 0) is 9.47 Å². The molecule has 16 heavy (non-hydrogen) atoms. The average Bonchev–Trinajstić information content (AvgIpc) is 2.35. The van der Waals surface area contributed by atoms with E-state index in [0.29, 0.717) is 17.5 Å². The van der Waals surface area contributed by atoms with E-state index >= 15 is 0 Å². The summed E-state index contributed by atoms with van der Waals surface area (Å²) in [5.74, 6) is 2.06. The molecule has 96 valence electrons. The number of thioether (sulfide) groups is 1. The maximum Gasteiger partial charge on any atom is 0.0691 e. The first-order valence-electron chi connectivity index (χ1n) is 6.38. The van der Waals surface area contributed by atoms with Crippen LogP contribution in [0.1, 0.15) is 39.5 Å². The van der Waals surface area contributed by atoms with Crippen LogP contribution >= 0.6 is 11.8 Å². The lowest BCUT2D eigenvalue weighted by molar-refractivity contribution is 0.00909. The molecule has 0 aromatic carbocycles. The number of methoxy groups -OCH3 is 2. The van der Waals surface area contributed by atoms with E-state index in [-0.39, 0.29) is 0 Å². The summed E-state index contributed by atoms with van der Waals surface area (Å²) in [6.07, 6.45) is 5.59. The standard InChI is InChI=1S/C13H26O2S/c1-5-10(2)9-16-13-8-11(14-3)6-7-12(13)15-4/h10-13H,5-9H2,1-4H3. The van der Waals surface area contributed by atoms with Gasteiger partial charge < -0.3 is 9.47 Å². The van der Waals surface area contributed by atoms with Crippen molar-refractivity contribution in [3.8, 4) is 0 Å². The molecule has 0 bridgehead atoms. The van der Waals surface area contributed by atoms with Gasteiger partial charge in [0.05, 0.1) is 12.2 Å². The van der Waals surface area contributed by atoms with Crippen molar-refractivity contribution < 1.29 is 9.47 Å². The van der Waals surface area contributed by atoms with Crippen LogP contribution in [0.15, 0.2) is 0 Å². The Balaban J connectivity index is 2.39. The molecule has 2 nitrogen and oxygen atoms in total. The topological polar surface area (TPSA) is 18.5 Å². The van der Waals surface area contributed by atoms with E-state index in [1.54, 1.807) is 0 Å². The molecule has 0 N–H and O–H groups in total. The zero-order chi connectivity index (χ0) is 12.0. The molecule has 4 atom stereocenters. The first-order valence-corrected chi connectivity index (χ1v) is 7.43. The summed E-state index contributed by atoms with van der Waals surface area (Å²) in [4.78, 5) is 0. The summed E-state index contributed by atoms with van der Waals surface area (Å²) in [6, 6.07) is 0. The first kappa shape index (κ1) is 14.3. The lowest BCUT2D eigenvalue weighted by Crippen LogP contribution is -2.36. The molecule has 0 aliphatic heterocycles. The van der Waals surface area contributed by atoms with Gasteiger partial charge in [-0.25, -0.2) is 0 Å². The molecule has 4 unspecified atom stereocenters. The van der Waals surface area contributed by atoms with Gasteiger partial charge >= 0.3 is 0 Å². The van der Waals surface area contributed by atoms with Crippen molar-refractivity contribution in [2.45, 2.75) is 57.0 Å². The van der Waals surface area contributed by atoms with Gasteiger partial charge in [-0.2, -0.15) is 11.8 Å². The Bertz CT molecular complexity index is 187. The van der Waals surface area contributed by atoms with Gasteiger partial charge in [-0.3, -0.25) is 0 Å². The van der Waals surface area contributed by atoms with E-state index in [0.717, 1.165) is 25.2 Å². The van der Waals surface area contributed by atoms with Crippen molar-refractivity contribution in [3.63, 3.8) is 0 Å². The fraction of sp³-hybridized carbons (Fsp3) is 1.00. The van der Waals surface area contributed by atoms with Gasteiger partial charge in [0.15, 0.2) is 0 Å². The first-order chi connectivity index (χ1) is 7.71. The van der Waals surface area contributed by atoms with Crippen LogP contribution in [0.4, 0.5) is 0 Å². The van der Waals surface area contributed by atoms with Gasteiger partial charge in [0.2, 0.25) is 0 Å². The summed E-state index contributed by atoms with van der Waals surface area (Å²) in [7, 11) is 3.67. The number of hydrogen-bond donors (Lipinski definition) is 0. The second-order valence-corrected chi connectivity index (χ2v) is 6.10. The minimum absolute atomic E-state index is 0.431. The van der Waals surface area contributed by atoms with Crippen LogP contribution in [0.2, 0.25) is 0 Å². The van der Waals surface area contributed by atoms with Crippen molar-refractivity contribution in [1.82, 2.24) is 0 Å². The minimum atomic E-state index is 0.431. The molecule has 1 fully saturated rings. The molecule has 0 amide bonds. The Morgan fingerprint density at radius 1 is 1.25 bits per heavy atom. The fourth-order valence-electron chi connectivity index (χ4n) is 2.13. The normalized spacial score (nSPS) is 32.6. The Kier molecular flexibility index (Phi) is 6.78. The van der Waals surface area contributed by atoms with E-state index < -0.39 is 0 Å². The maximum absolute atomic E-state index is 5.59. The lowest BCUT2D eigenvalue weighted by Gasteiger charge is -2.34. The quantitative estimate of drug-likeness (QED) is 0.716. The molecule has 1 rings (SSSR count). The fourth-order valence-corrected chi connectivity index (χ4v) is 3.75. The van der Waals surface area contributed by atoms with E-state index in [1.165, 1.54) is 12.2 Å². The number of ether oxygens (including phenoxy) is 2. The SMILES string of the molecule is CCC(C)CSC1CC(OC)CCC1OC. The molecule has 0 saturated heterocycles. The smallest absolute Gasteiger partial charge is 0.0691 e. The molecule has 0 radical (unpaired) electrons. The second-order valence-electron chi connectivity index (χ2n) is 4.83. The summed E-state index contributed by atoms with van der Waals surface area (Å²) >= 11 is 2.08. The molecule has 3 heteroatoms.